The summed E-state index contributed by atoms with van der Waals surface area (Å²) in [5.41, 5.74) is 0.991. The predicted molar refractivity (Wildman–Crippen MR) is 93.7 cm³/mol. The Balaban J connectivity index is 1.92. The molecule has 0 bridgehead atoms. The summed E-state index contributed by atoms with van der Waals surface area (Å²) in [5.74, 6) is 0.634. The van der Waals surface area contributed by atoms with E-state index >= 15 is 0 Å². The molecule has 1 aromatic carbocycles. The quantitative estimate of drug-likeness (QED) is 0.500. The van der Waals surface area contributed by atoms with Crippen LogP contribution in [0.3, 0.4) is 0 Å². The molecule has 0 spiro atoms. The van der Waals surface area contributed by atoms with Crippen LogP contribution in [0.25, 0.3) is 0 Å². The maximum atomic E-state index is 14.3. The van der Waals surface area contributed by atoms with Crippen LogP contribution in [0.1, 0.15) is 88.7 Å². The first kappa shape index (κ1) is 18.4. The number of hydrogen-bond acceptors (Lipinski definition) is 0. The molecular formula is C21H32F2. The van der Waals surface area contributed by atoms with Gasteiger partial charge < -0.3 is 0 Å². The molecule has 0 heterocycles. The van der Waals surface area contributed by atoms with Gasteiger partial charge in [0.25, 0.3) is 0 Å². The van der Waals surface area contributed by atoms with Crippen molar-refractivity contribution in [3.63, 3.8) is 0 Å². The number of halogens is 2. The van der Waals surface area contributed by atoms with Gasteiger partial charge >= 0.3 is 0 Å². The number of rotatable bonds is 7. The van der Waals surface area contributed by atoms with E-state index < -0.39 is 11.6 Å². The van der Waals surface area contributed by atoms with Crippen LogP contribution in [0.5, 0.6) is 0 Å². The third kappa shape index (κ3) is 5.02. The highest BCUT2D eigenvalue weighted by molar-refractivity contribution is 5.28. The molecule has 0 nitrogen and oxygen atoms in total. The Bertz CT molecular complexity index is 487. The first-order valence-electron chi connectivity index (χ1n) is 9.47. The van der Waals surface area contributed by atoms with Crippen molar-refractivity contribution in [2.24, 2.45) is 11.8 Å². The lowest BCUT2D eigenvalue weighted by molar-refractivity contribution is 0.269. The van der Waals surface area contributed by atoms with Gasteiger partial charge in [0.15, 0.2) is 11.6 Å². The first-order chi connectivity index (χ1) is 11.0. The van der Waals surface area contributed by atoms with E-state index in [4.69, 9.17) is 0 Å². The van der Waals surface area contributed by atoms with Gasteiger partial charge in [0.2, 0.25) is 0 Å². The summed E-state index contributed by atoms with van der Waals surface area (Å²) in [7, 11) is 0. The molecular weight excluding hydrogens is 290 g/mol. The minimum absolute atomic E-state index is 0.164. The van der Waals surface area contributed by atoms with Gasteiger partial charge in [-0.2, -0.15) is 0 Å². The van der Waals surface area contributed by atoms with Gasteiger partial charge in [-0.3, -0.25) is 0 Å². The van der Waals surface area contributed by atoms with Crippen LogP contribution in [0, 0.1) is 30.4 Å². The topological polar surface area (TPSA) is 0 Å². The molecule has 2 rings (SSSR count). The van der Waals surface area contributed by atoms with Crippen molar-refractivity contribution in [2.45, 2.75) is 84.5 Å². The average Bonchev–Trinajstić information content (AvgIpc) is 2.54. The lowest BCUT2D eigenvalue weighted by Crippen LogP contribution is -2.12. The average molecular weight is 322 g/mol. The maximum Gasteiger partial charge on any atom is 0.162 e. The molecule has 1 atom stereocenters. The summed E-state index contributed by atoms with van der Waals surface area (Å²) in [6.07, 6.45) is 10.8. The fraction of sp³-hybridized carbons (Fsp3) is 0.714. The molecule has 1 aliphatic carbocycles. The normalized spacial score (nSPS) is 23.0. The van der Waals surface area contributed by atoms with Crippen molar-refractivity contribution >= 4 is 0 Å². The van der Waals surface area contributed by atoms with Gasteiger partial charge in [0.1, 0.15) is 0 Å². The van der Waals surface area contributed by atoms with Crippen LogP contribution in [0.15, 0.2) is 12.1 Å². The van der Waals surface area contributed by atoms with Crippen molar-refractivity contribution in [1.82, 2.24) is 0 Å². The number of aryl methyl sites for hydroxylation is 1. The van der Waals surface area contributed by atoms with Gasteiger partial charge in [0.05, 0.1) is 0 Å². The molecule has 1 aromatic rings. The Hall–Kier alpha value is -0.920. The molecule has 23 heavy (non-hydrogen) atoms. The van der Waals surface area contributed by atoms with E-state index in [0.29, 0.717) is 11.1 Å². The van der Waals surface area contributed by atoms with Crippen LogP contribution < -0.4 is 0 Å². The van der Waals surface area contributed by atoms with Crippen molar-refractivity contribution in [2.75, 3.05) is 0 Å². The number of hydrogen-bond donors (Lipinski definition) is 0. The third-order valence-electron chi connectivity index (χ3n) is 5.68. The molecule has 1 aliphatic rings. The fourth-order valence-electron chi connectivity index (χ4n) is 4.05. The zero-order valence-corrected chi connectivity index (χ0v) is 15.0. The van der Waals surface area contributed by atoms with Crippen molar-refractivity contribution in [3.05, 3.63) is 34.9 Å². The molecule has 0 saturated heterocycles. The van der Waals surface area contributed by atoms with Gasteiger partial charge in [0, 0.05) is 0 Å². The second kappa shape index (κ2) is 8.80. The highest BCUT2D eigenvalue weighted by Crippen LogP contribution is 2.35. The molecule has 0 aromatic heterocycles. The van der Waals surface area contributed by atoms with Gasteiger partial charge in [-0.25, -0.2) is 8.78 Å². The predicted octanol–water partition coefficient (Wildman–Crippen LogP) is 7.15. The van der Waals surface area contributed by atoms with E-state index in [1.165, 1.54) is 32.1 Å². The van der Waals surface area contributed by atoms with Crippen molar-refractivity contribution in [3.8, 4) is 0 Å². The number of benzene rings is 1. The third-order valence-corrected chi connectivity index (χ3v) is 5.68. The lowest BCUT2D eigenvalue weighted by atomic mass is 9.79. The zero-order valence-electron chi connectivity index (χ0n) is 15.0. The van der Waals surface area contributed by atoms with Crippen molar-refractivity contribution in [1.29, 1.82) is 0 Å². The van der Waals surface area contributed by atoms with Crippen LogP contribution in [0.4, 0.5) is 8.78 Å². The van der Waals surface area contributed by atoms with E-state index in [9.17, 15) is 8.78 Å². The van der Waals surface area contributed by atoms with Crippen LogP contribution in [-0.2, 0) is 0 Å². The minimum atomic E-state index is -0.662. The van der Waals surface area contributed by atoms with E-state index in [0.717, 1.165) is 37.5 Å². The molecule has 2 heteroatoms. The molecule has 0 aliphatic heterocycles. The maximum absolute atomic E-state index is 14.3. The zero-order chi connectivity index (χ0) is 16.8. The van der Waals surface area contributed by atoms with E-state index in [1.807, 2.05) is 0 Å². The summed E-state index contributed by atoms with van der Waals surface area (Å²) in [6.45, 7) is 6.10. The molecule has 0 amide bonds. The Morgan fingerprint density at radius 1 is 1.04 bits per heavy atom. The summed E-state index contributed by atoms with van der Waals surface area (Å²) in [6, 6.07) is 3.52. The fourth-order valence-corrected chi connectivity index (χ4v) is 4.05. The summed E-state index contributed by atoms with van der Waals surface area (Å²) in [5, 5.41) is 0. The highest BCUT2D eigenvalue weighted by atomic mass is 19.2. The second-order valence-corrected chi connectivity index (χ2v) is 7.64. The first-order valence-corrected chi connectivity index (χ1v) is 9.47. The SMILES string of the molecule is CCCC(CCCC1CCC(C)CC1)c1ccc(C)c(F)c1F. The Morgan fingerprint density at radius 2 is 1.74 bits per heavy atom. The van der Waals surface area contributed by atoms with Gasteiger partial charge in [-0.05, 0) is 48.6 Å². The van der Waals surface area contributed by atoms with E-state index in [-0.39, 0.29) is 5.92 Å². The summed E-state index contributed by atoms with van der Waals surface area (Å²) < 4.78 is 28.2. The Labute approximate surface area is 140 Å². The van der Waals surface area contributed by atoms with Crippen LogP contribution in [0.2, 0.25) is 0 Å². The molecule has 130 valence electrons. The van der Waals surface area contributed by atoms with Crippen LogP contribution >= 0.6 is 0 Å². The summed E-state index contributed by atoms with van der Waals surface area (Å²) in [4.78, 5) is 0. The Kier molecular flexibility index (Phi) is 7.05. The van der Waals surface area contributed by atoms with Crippen molar-refractivity contribution < 1.29 is 8.78 Å². The minimum Gasteiger partial charge on any atom is -0.203 e. The molecule has 0 N–H and O–H groups in total. The van der Waals surface area contributed by atoms with Gasteiger partial charge in [-0.15, -0.1) is 0 Å². The van der Waals surface area contributed by atoms with Gasteiger partial charge in [-0.1, -0.05) is 70.9 Å². The highest BCUT2D eigenvalue weighted by Gasteiger charge is 2.21. The molecule has 1 unspecified atom stereocenters. The molecule has 0 radical (unpaired) electrons. The molecule has 1 saturated carbocycles. The monoisotopic (exact) mass is 322 g/mol. The smallest absolute Gasteiger partial charge is 0.162 e. The second-order valence-electron chi connectivity index (χ2n) is 7.64. The largest absolute Gasteiger partial charge is 0.203 e. The van der Waals surface area contributed by atoms with E-state index in [1.54, 1.807) is 19.1 Å². The lowest BCUT2D eigenvalue weighted by Gasteiger charge is -2.26. The molecule has 1 fully saturated rings. The standard InChI is InChI=1S/C21H32F2/c1-4-6-18(19-14-11-16(3)20(22)21(19)23)8-5-7-17-12-9-15(2)10-13-17/h11,14-15,17-18H,4-10,12-13H2,1-3H3. The van der Waals surface area contributed by atoms with E-state index in [2.05, 4.69) is 13.8 Å². The van der Waals surface area contributed by atoms with Crippen LogP contribution in [-0.4, -0.2) is 0 Å². The Morgan fingerprint density at radius 3 is 2.39 bits per heavy atom. The summed E-state index contributed by atoms with van der Waals surface area (Å²) >= 11 is 0.